The van der Waals surface area contributed by atoms with Gasteiger partial charge in [-0.15, -0.1) is 0 Å². The maximum Gasteiger partial charge on any atom is 0.103 e. The van der Waals surface area contributed by atoms with Crippen molar-refractivity contribution in [2.24, 2.45) is 0 Å². The van der Waals surface area contributed by atoms with Crippen molar-refractivity contribution in [1.82, 2.24) is 0 Å². The minimum atomic E-state index is 0.860. The number of aryl methyl sites for hydroxylation is 1. The fourth-order valence-electron chi connectivity index (χ4n) is 2.89. The molecule has 1 fully saturated rings. The minimum absolute atomic E-state index is 0.860. The summed E-state index contributed by atoms with van der Waals surface area (Å²) in [6, 6.07) is 9.80. The molecular formula is C15H26N2+2. The van der Waals surface area contributed by atoms with Crippen molar-refractivity contribution in [3.63, 3.8) is 0 Å². The van der Waals surface area contributed by atoms with Gasteiger partial charge in [0.05, 0.1) is 33.2 Å². The summed E-state index contributed by atoms with van der Waals surface area (Å²) >= 11 is 0. The highest BCUT2D eigenvalue weighted by Gasteiger charge is 2.25. The molecule has 0 saturated carbocycles. The summed E-state index contributed by atoms with van der Waals surface area (Å²) in [7, 11) is 4.67. The number of hydrogen-bond donors (Lipinski definition) is 2. The minimum Gasteiger partial charge on any atom is -0.337 e. The van der Waals surface area contributed by atoms with Crippen LogP contribution in [0.2, 0.25) is 0 Å². The van der Waals surface area contributed by atoms with E-state index in [0.717, 1.165) is 6.04 Å². The van der Waals surface area contributed by atoms with Crippen LogP contribution in [-0.4, -0.2) is 33.2 Å². The molecule has 2 N–H and O–H groups in total. The van der Waals surface area contributed by atoms with Crippen molar-refractivity contribution in [1.29, 1.82) is 0 Å². The molecule has 0 aliphatic carbocycles. The van der Waals surface area contributed by atoms with Gasteiger partial charge in [-0.1, -0.05) is 29.8 Å². The molecule has 1 aromatic rings. The Morgan fingerprint density at radius 1 is 1.29 bits per heavy atom. The SMILES string of the molecule is Cc1cccc(C[NH+](C)C2CC[NH+](C)CC2)c1. The third-order valence-corrected chi connectivity index (χ3v) is 4.10. The molecule has 1 saturated heterocycles. The summed E-state index contributed by atoms with van der Waals surface area (Å²) in [5.74, 6) is 0. The quantitative estimate of drug-likeness (QED) is 0.710. The summed E-state index contributed by atoms with van der Waals surface area (Å²) in [6.07, 6.45) is 2.76. The molecular weight excluding hydrogens is 208 g/mol. The monoisotopic (exact) mass is 234 g/mol. The highest BCUT2D eigenvalue weighted by Crippen LogP contribution is 2.03. The van der Waals surface area contributed by atoms with E-state index in [1.54, 1.807) is 9.80 Å². The lowest BCUT2D eigenvalue weighted by atomic mass is 10.0. The molecule has 2 heteroatoms. The zero-order valence-electron chi connectivity index (χ0n) is 11.4. The van der Waals surface area contributed by atoms with Crippen LogP contribution < -0.4 is 9.80 Å². The number of piperidine rings is 1. The maximum atomic E-state index is 2.35. The molecule has 94 valence electrons. The molecule has 1 aliphatic heterocycles. The van der Waals surface area contributed by atoms with Gasteiger partial charge in [-0.3, -0.25) is 0 Å². The van der Waals surface area contributed by atoms with Crippen molar-refractivity contribution in [2.75, 3.05) is 27.2 Å². The highest BCUT2D eigenvalue weighted by molar-refractivity contribution is 5.21. The zero-order chi connectivity index (χ0) is 12.3. The van der Waals surface area contributed by atoms with Crippen molar-refractivity contribution >= 4 is 0 Å². The van der Waals surface area contributed by atoms with Crippen LogP contribution in [0.4, 0.5) is 0 Å². The molecule has 0 amide bonds. The van der Waals surface area contributed by atoms with Crippen molar-refractivity contribution < 1.29 is 9.80 Å². The van der Waals surface area contributed by atoms with Gasteiger partial charge < -0.3 is 9.80 Å². The lowest BCUT2D eigenvalue weighted by Crippen LogP contribution is -3.17. The Hall–Kier alpha value is -0.860. The third kappa shape index (κ3) is 3.55. The Morgan fingerprint density at radius 2 is 2.00 bits per heavy atom. The second-order valence-electron chi connectivity index (χ2n) is 5.74. The van der Waals surface area contributed by atoms with E-state index in [9.17, 15) is 0 Å². The number of hydrogen-bond acceptors (Lipinski definition) is 0. The molecule has 17 heavy (non-hydrogen) atoms. The Bertz CT molecular complexity index is 354. The van der Waals surface area contributed by atoms with E-state index in [1.165, 1.54) is 43.6 Å². The first-order valence-corrected chi connectivity index (χ1v) is 6.84. The topological polar surface area (TPSA) is 8.88 Å². The molecule has 1 atom stereocenters. The number of rotatable bonds is 3. The van der Waals surface area contributed by atoms with Crippen LogP contribution >= 0.6 is 0 Å². The van der Waals surface area contributed by atoms with Gasteiger partial charge in [0.2, 0.25) is 0 Å². The van der Waals surface area contributed by atoms with Gasteiger partial charge in [-0.05, 0) is 6.92 Å². The van der Waals surface area contributed by atoms with E-state index < -0.39 is 0 Å². The van der Waals surface area contributed by atoms with Crippen molar-refractivity contribution in [3.05, 3.63) is 35.4 Å². The standard InChI is InChI=1S/C15H24N2/c1-13-5-4-6-14(11-13)12-17(3)15-7-9-16(2)10-8-15/h4-6,11,15H,7-10,12H2,1-3H3/p+2. The molecule has 2 rings (SSSR count). The molecule has 0 spiro atoms. The van der Waals surface area contributed by atoms with Crippen LogP contribution in [0, 0.1) is 6.92 Å². The number of quaternary nitrogens is 2. The molecule has 1 heterocycles. The van der Waals surface area contributed by atoms with Gasteiger partial charge in [-0.2, -0.15) is 0 Å². The molecule has 0 radical (unpaired) electrons. The summed E-state index contributed by atoms with van der Waals surface area (Å²) in [5, 5.41) is 0. The average Bonchev–Trinajstić information content (AvgIpc) is 2.29. The van der Waals surface area contributed by atoms with Gasteiger partial charge in [0.25, 0.3) is 0 Å². The van der Waals surface area contributed by atoms with Crippen LogP contribution in [0.3, 0.4) is 0 Å². The third-order valence-electron chi connectivity index (χ3n) is 4.10. The first kappa shape index (κ1) is 12.6. The lowest BCUT2D eigenvalue weighted by molar-refractivity contribution is -0.948. The summed E-state index contributed by atoms with van der Waals surface area (Å²) in [5.41, 5.74) is 2.86. The highest BCUT2D eigenvalue weighted by atomic mass is 15.2. The normalized spacial score (nSPS) is 26.8. The largest absolute Gasteiger partial charge is 0.337 e. The second kappa shape index (κ2) is 5.65. The predicted molar refractivity (Wildman–Crippen MR) is 71.4 cm³/mol. The Labute approximate surface area is 105 Å². The van der Waals surface area contributed by atoms with Gasteiger partial charge in [0, 0.05) is 18.4 Å². The van der Waals surface area contributed by atoms with Crippen LogP contribution in [-0.2, 0) is 6.54 Å². The maximum absolute atomic E-state index is 2.35. The van der Waals surface area contributed by atoms with Crippen molar-refractivity contribution in [2.45, 2.75) is 32.4 Å². The smallest absolute Gasteiger partial charge is 0.103 e. The van der Waals surface area contributed by atoms with Gasteiger partial charge >= 0.3 is 0 Å². The molecule has 1 aromatic carbocycles. The van der Waals surface area contributed by atoms with E-state index in [-0.39, 0.29) is 0 Å². The average molecular weight is 234 g/mol. The summed E-state index contributed by atoms with van der Waals surface area (Å²) in [6.45, 7) is 6.04. The van der Waals surface area contributed by atoms with Crippen LogP contribution in [0.15, 0.2) is 24.3 Å². The molecule has 1 aliphatic rings. The Morgan fingerprint density at radius 3 is 2.65 bits per heavy atom. The first-order valence-electron chi connectivity index (χ1n) is 6.84. The van der Waals surface area contributed by atoms with Gasteiger partial charge in [-0.25, -0.2) is 0 Å². The Kier molecular flexibility index (Phi) is 4.19. The summed E-state index contributed by atoms with van der Waals surface area (Å²) < 4.78 is 0. The van der Waals surface area contributed by atoms with Crippen LogP contribution in [0.5, 0.6) is 0 Å². The zero-order valence-corrected chi connectivity index (χ0v) is 11.4. The molecule has 0 aromatic heterocycles. The molecule has 0 bridgehead atoms. The number of nitrogens with one attached hydrogen (secondary N) is 2. The molecule has 1 unspecified atom stereocenters. The van der Waals surface area contributed by atoms with Crippen LogP contribution in [0.1, 0.15) is 24.0 Å². The van der Waals surface area contributed by atoms with E-state index in [0.29, 0.717) is 0 Å². The Balaban J connectivity index is 1.90. The second-order valence-corrected chi connectivity index (χ2v) is 5.74. The fourth-order valence-corrected chi connectivity index (χ4v) is 2.89. The van der Waals surface area contributed by atoms with E-state index in [4.69, 9.17) is 0 Å². The molecule has 2 nitrogen and oxygen atoms in total. The first-order chi connectivity index (χ1) is 8.15. The number of benzene rings is 1. The van der Waals surface area contributed by atoms with Crippen molar-refractivity contribution in [3.8, 4) is 0 Å². The van der Waals surface area contributed by atoms with E-state index in [2.05, 4.69) is 45.3 Å². The predicted octanol–water partition coefficient (Wildman–Crippen LogP) is -0.313. The van der Waals surface area contributed by atoms with Crippen LogP contribution in [0.25, 0.3) is 0 Å². The lowest BCUT2D eigenvalue weighted by Gasteiger charge is -2.30. The van der Waals surface area contributed by atoms with Gasteiger partial charge in [0.1, 0.15) is 6.54 Å². The summed E-state index contributed by atoms with van der Waals surface area (Å²) in [4.78, 5) is 3.38. The fraction of sp³-hybridized carbons (Fsp3) is 0.600. The van der Waals surface area contributed by atoms with E-state index in [1.807, 2.05) is 0 Å². The number of likely N-dealkylation sites (tertiary alicyclic amines) is 1. The van der Waals surface area contributed by atoms with Gasteiger partial charge in [0.15, 0.2) is 0 Å². The van der Waals surface area contributed by atoms with E-state index >= 15 is 0 Å².